The first-order chi connectivity index (χ1) is 11.7. The maximum atomic E-state index is 9.86. The highest BCUT2D eigenvalue weighted by molar-refractivity contribution is 5.79. The van der Waals surface area contributed by atoms with E-state index in [4.69, 9.17) is 10.2 Å². The summed E-state index contributed by atoms with van der Waals surface area (Å²) in [5.41, 5.74) is 3.83. The summed E-state index contributed by atoms with van der Waals surface area (Å²) in [4.78, 5) is 6.93. The molecular formula is C19H18N4O. The fraction of sp³-hybridized carbons (Fsp3) is 0.263. The van der Waals surface area contributed by atoms with Crippen molar-refractivity contribution in [1.29, 1.82) is 5.26 Å². The third-order valence-electron chi connectivity index (χ3n) is 4.50. The Morgan fingerprint density at radius 2 is 1.96 bits per heavy atom. The van der Waals surface area contributed by atoms with Crippen molar-refractivity contribution < 1.29 is 5.11 Å². The molecule has 1 aliphatic heterocycles. The van der Waals surface area contributed by atoms with Gasteiger partial charge in [0.15, 0.2) is 0 Å². The number of para-hydroxylation sites is 2. The Balaban J connectivity index is 1.75. The lowest BCUT2D eigenvalue weighted by Crippen LogP contribution is -2.25. The minimum Gasteiger partial charge on any atom is -0.391 e. The predicted octanol–water partition coefficient (Wildman–Crippen LogP) is 2.53. The molecule has 0 amide bonds. The molecule has 1 N–H and O–H groups in total. The average molecular weight is 318 g/mol. The molecule has 2 aromatic carbocycles. The number of β-amino-alcohol motifs (C(OH)–C–C–N with tert-alkyl or cyclic N) is 1. The van der Waals surface area contributed by atoms with Crippen molar-refractivity contribution in [2.75, 3.05) is 18.0 Å². The average Bonchev–Trinajstić information content (AvgIpc) is 3.20. The second kappa shape index (κ2) is 5.99. The maximum absolute atomic E-state index is 9.86. The molecule has 5 nitrogen and oxygen atoms in total. The van der Waals surface area contributed by atoms with Gasteiger partial charge in [0.2, 0.25) is 5.95 Å². The van der Waals surface area contributed by atoms with Gasteiger partial charge >= 0.3 is 0 Å². The lowest BCUT2D eigenvalue weighted by Gasteiger charge is -2.19. The molecule has 1 saturated heterocycles. The molecule has 0 spiro atoms. The lowest BCUT2D eigenvalue weighted by molar-refractivity contribution is 0.198. The van der Waals surface area contributed by atoms with Gasteiger partial charge < -0.3 is 14.6 Å². The van der Waals surface area contributed by atoms with Gasteiger partial charge in [0.1, 0.15) is 0 Å². The number of benzene rings is 2. The predicted molar refractivity (Wildman–Crippen MR) is 92.8 cm³/mol. The van der Waals surface area contributed by atoms with Crippen molar-refractivity contribution >= 4 is 17.0 Å². The molecule has 24 heavy (non-hydrogen) atoms. The summed E-state index contributed by atoms with van der Waals surface area (Å²) in [7, 11) is 0. The Bertz CT molecular complexity index is 907. The summed E-state index contributed by atoms with van der Waals surface area (Å²) >= 11 is 0. The normalized spacial score (nSPS) is 17.3. The molecule has 0 unspecified atom stereocenters. The SMILES string of the molecule is N#Cc1ccc(Cn2c(N3CC[C@H](O)C3)nc3ccccc32)cc1. The van der Waals surface area contributed by atoms with Crippen LogP contribution in [0.1, 0.15) is 17.5 Å². The number of aromatic nitrogens is 2. The summed E-state index contributed by atoms with van der Waals surface area (Å²) in [5.74, 6) is 0.900. The van der Waals surface area contributed by atoms with Gasteiger partial charge in [0.25, 0.3) is 0 Å². The molecule has 0 bridgehead atoms. The molecule has 0 saturated carbocycles. The fourth-order valence-electron chi connectivity index (χ4n) is 3.25. The zero-order valence-corrected chi connectivity index (χ0v) is 13.3. The first-order valence-electron chi connectivity index (χ1n) is 8.12. The smallest absolute Gasteiger partial charge is 0.206 e. The molecule has 3 aromatic rings. The maximum Gasteiger partial charge on any atom is 0.206 e. The Morgan fingerprint density at radius 3 is 2.67 bits per heavy atom. The lowest BCUT2D eigenvalue weighted by atomic mass is 10.1. The Kier molecular flexibility index (Phi) is 3.68. The van der Waals surface area contributed by atoms with E-state index < -0.39 is 0 Å². The molecule has 5 heteroatoms. The molecule has 1 atom stereocenters. The molecule has 1 aliphatic rings. The van der Waals surface area contributed by atoms with E-state index in [1.165, 1.54) is 0 Å². The van der Waals surface area contributed by atoms with Gasteiger partial charge in [-0.05, 0) is 36.2 Å². The first kappa shape index (κ1) is 14.7. The zero-order valence-electron chi connectivity index (χ0n) is 13.3. The van der Waals surface area contributed by atoms with E-state index in [0.717, 1.165) is 35.5 Å². The molecular weight excluding hydrogens is 300 g/mol. The number of hydrogen-bond acceptors (Lipinski definition) is 4. The molecule has 0 aliphatic carbocycles. The number of nitriles is 1. The Hall–Kier alpha value is -2.84. The van der Waals surface area contributed by atoms with Crippen LogP contribution in [0.2, 0.25) is 0 Å². The minimum absolute atomic E-state index is 0.284. The standard InChI is InChI=1S/C19H18N4O/c20-11-14-5-7-15(8-6-14)12-23-18-4-2-1-3-17(18)21-19(23)22-10-9-16(24)13-22/h1-8,16,24H,9-10,12-13H2/t16-/m0/s1. The number of hydrogen-bond donors (Lipinski definition) is 1. The summed E-state index contributed by atoms with van der Waals surface area (Å²) < 4.78 is 2.19. The van der Waals surface area contributed by atoms with Gasteiger partial charge in [-0.15, -0.1) is 0 Å². The van der Waals surface area contributed by atoms with Crippen LogP contribution in [0.4, 0.5) is 5.95 Å². The molecule has 0 radical (unpaired) electrons. The number of aliphatic hydroxyl groups is 1. The molecule has 4 rings (SSSR count). The number of rotatable bonds is 3. The first-order valence-corrected chi connectivity index (χ1v) is 8.12. The monoisotopic (exact) mass is 318 g/mol. The van der Waals surface area contributed by atoms with Gasteiger partial charge in [0.05, 0.1) is 35.3 Å². The summed E-state index contributed by atoms with van der Waals surface area (Å²) in [6.07, 6.45) is 0.494. The van der Waals surface area contributed by atoms with Gasteiger partial charge in [-0.25, -0.2) is 4.98 Å². The molecule has 2 heterocycles. The number of anilines is 1. The van der Waals surface area contributed by atoms with Crippen molar-refractivity contribution in [3.8, 4) is 6.07 Å². The Labute approximate surface area is 140 Å². The van der Waals surface area contributed by atoms with Gasteiger partial charge in [0, 0.05) is 13.1 Å². The fourth-order valence-corrected chi connectivity index (χ4v) is 3.25. The molecule has 1 aromatic heterocycles. The van der Waals surface area contributed by atoms with Crippen molar-refractivity contribution in [3.63, 3.8) is 0 Å². The zero-order chi connectivity index (χ0) is 16.5. The van der Waals surface area contributed by atoms with Crippen molar-refractivity contribution in [2.45, 2.75) is 19.1 Å². The third kappa shape index (κ3) is 2.61. The summed E-state index contributed by atoms with van der Waals surface area (Å²) in [6, 6.07) is 17.9. The van der Waals surface area contributed by atoms with Crippen LogP contribution in [0, 0.1) is 11.3 Å². The van der Waals surface area contributed by atoms with E-state index in [2.05, 4.69) is 21.6 Å². The summed E-state index contributed by atoms with van der Waals surface area (Å²) in [5, 5.41) is 18.8. The van der Waals surface area contributed by atoms with Crippen molar-refractivity contribution in [3.05, 3.63) is 59.7 Å². The quantitative estimate of drug-likeness (QED) is 0.806. The third-order valence-corrected chi connectivity index (χ3v) is 4.50. The van der Waals surface area contributed by atoms with Gasteiger partial charge in [-0.3, -0.25) is 0 Å². The number of aliphatic hydroxyl groups excluding tert-OH is 1. The van der Waals surface area contributed by atoms with Gasteiger partial charge in [-0.1, -0.05) is 24.3 Å². The van der Waals surface area contributed by atoms with Crippen LogP contribution in [0.15, 0.2) is 48.5 Å². The topological polar surface area (TPSA) is 65.1 Å². The highest BCUT2D eigenvalue weighted by Gasteiger charge is 2.25. The number of nitrogens with zero attached hydrogens (tertiary/aromatic N) is 4. The van der Waals surface area contributed by atoms with E-state index in [1.807, 2.05) is 42.5 Å². The van der Waals surface area contributed by atoms with Crippen molar-refractivity contribution in [2.24, 2.45) is 0 Å². The van der Waals surface area contributed by atoms with Crippen LogP contribution in [-0.4, -0.2) is 33.9 Å². The van der Waals surface area contributed by atoms with E-state index in [0.29, 0.717) is 18.7 Å². The second-order valence-electron chi connectivity index (χ2n) is 6.18. The van der Waals surface area contributed by atoms with Gasteiger partial charge in [-0.2, -0.15) is 5.26 Å². The second-order valence-corrected chi connectivity index (χ2v) is 6.18. The van der Waals surface area contributed by atoms with Crippen molar-refractivity contribution in [1.82, 2.24) is 9.55 Å². The van der Waals surface area contributed by atoms with Crippen LogP contribution in [0.25, 0.3) is 11.0 Å². The van der Waals surface area contributed by atoms with Crippen LogP contribution in [0.5, 0.6) is 0 Å². The molecule has 1 fully saturated rings. The highest BCUT2D eigenvalue weighted by Crippen LogP contribution is 2.26. The van der Waals surface area contributed by atoms with Crippen LogP contribution in [-0.2, 0) is 6.54 Å². The summed E-state index contributed by atoms with van der Waals surface area (Å²) in [6.45, 7) is 2.13. The largest absolute Gasteiger partial charge is 0.391 e. The molecule has 120 valence electrons. The number of imidazole rings is 1. The van der Waals surface area contributed by atoms with Crippen LogP contribution >= 0.6 is 0 Å². The highest BCUT2D eigenvalue weighted by atomic mass is 16.3. The minimum atomic E-state index is -0.284. The number of fused-ring (bicyclic) bond motifs is 1. The van der Waals surface area contributed by atoms with E-state index in [-0.39, 0.29) is 6.10 Å². The van der Waals surface area contributed by atoms with E-state index >= 15 is 0 Å². The van der Waals surface area contributed by atoms with Crippen LogP contribution < -0.4 is 4.90 Å². The van der Waals surface area contributed by atoms with E-state index in [9.17, 15) is 5.11 Å². The van der Waals surface area contributed by atoms with Crippen LogP contribution in [0.3, 0.4) is 0 Å². The van der Waals surface area contributed by atoms with E-state index in [1.54, 1.807) is 0 Å². The Morgan fingerprint density at radius 1 is 1.17 bits per heavy atom.